The first-order chi connectivity index (χ1) is 5.65. The van der Waals surface area contributed by atoms with E-state index in [1.807, 2.05) is 0 Å². The van der Waals surface area contributed by atoms with E-state index in [0.29, 0.717) is 6.61 Å². The van der Waals surface area contributed by atoms with Gasteiger partial charge in [0.25, 0.3) is 5.88 Å². The Bertz CT molecular complexity index is 293. The largest absolute Gasteiger partial charge is 0.476 e. The molecule has 0 radical (unpaired) electrons. The van der Waals surface area contributed by atoms with Gasteiger partial charge in [-0.15, -0.1) is 0 Å². The van der Waals surface area contributed by atoms with Gasteiger partial charge in [0.2, 0.25) is 11.1 Å². The summed E-state index contributed by atoms with van der Waals surface area (Å²) >= 11 is 5.49. The zero-order chi connectivity index (χ0) is 9.14. The van der Waals surface area contributed by atoms with Crippen molar-refractivity contribution >= 4 is 11.6 Å². The number of ether oxygens (including phenoxy) is 1. The van der Waals surface area contributed by atoms with E-state index >= 15 is 0 Å². The molecular weight excluding hydrogens is 183 g/mol. The van der Waals surface area contributed by atoms with Crippen molar-refractivity contribution in [3.8, 4) is 5.88 Å². The number of hydrogen-bond donors (Lipinski definition) is 0. The highest BCUT2D eigenvalue weighted by Crippen LogP contribution is 2.17. The Morgan fingerprint density at radius 3 is 2.75 bits per heavy atom. The van der Waals surface area contributed by atoms with Crippen LogP contribution in [0.1, 0.15) is 12.6 Å². The molecule has 66 valence electrons. The average molecular weight is 191 g/mol. The van der Waals surface area contributed by atoms with E-state index in [2.05, 4.69) is 9.97 Å². The molecule has 0 saturated carbocycles. The predicted octanol–water partition coefficient (Wildman–Crippen LogP) is 1.98. The van der Waals surface area contributed by atoms with Crippen molar-refractivity contribution in [3.63, 3.8) is 0 Å². The fourth-order valence-corrected chi connectivity index (χ4v) is 0.936. The Kier molecular flexibility index (Phi) is 2.81. The fraction of sp³-hybridized carbons (Fsp3) is 0.429. The molecule has 12 heavy (non-hydrogen) atoms. The number of nitrogens with zero attached hydrogens (tertiary/aromatic N) is 2. The molecule has 1 aromatic heterocycles. The molecule has 1 rings (SSSR count). The highest BCUT2D eigenvalue weighted by atomic mass is 35.5. The third-order valence-electron chi connectivity index (χ3n) is 1.24. The molecule has 0 aliphatic rings. The van der Waals surface area contributed by atoms with Crippen molar-refractivity contribution in [1.29, 1.82) is 0 Å². The molecule has 0 bridgehead atoms. The van der Waals surface area contributed by atoms with Crippen LogP contribution in [-0.2, 0) is 0 Å². The third kappa shape index (κ3) is 1.82. The SMILES string of the molecule is CCOc1nc(Cl)nc(C)c1F. The summed E-state index contributed by atoms with van der Waals surface area (Å²) in [7, 11) is 0. The first-order valence-electron chi connectivity index (χ1n) is 3.47. The highest BCUT2D eigenvalue weighted by molar-refractivity contribution is 6.28. The molecule has 0 spiro atoms. The van der Waals surface area contributed by atoms with E-state index in [0.717, 1.165) is 0 Å². The first kappa shape index (κ1) is 9.19. The number of aryl methyl sites for hydroxylation is 1. The fourth-order valence-electron chi connectivity index (χ4n) is 0.732. The molecular formula is C7H8ClFN2O. The number of hydrogen-bond acceptors (Lipinski definition) is 3. The van der Waals surface area contributed by atoms with Crippen LogP contribution < -0.4 is 4.74 Å². The van der Waals surface area contributed by atoms with Crippen LogP contribution in [0.5, 0.6) is 5.88 Å². The summed E-state index contributed by atoms with van der Waals surface area (Å²) in [5.74, 6) is -0.642. The van der Waals surface area contributed by atoms with Gasteiger partial charge in [0.1, 0.15) is 0 Å². The van der Waals surface area contributed by atoms with Crippen molar-refractivity contribution < 1.29 is 9.13 Å². The molecule has 0 saturated heterocycles. The lowest BCUT2D eigenvalue weighted by Crippen LogP contribution is -2.01. The van der Waals surface area contributed by atoms with Crippen molar-refractivity contribution in [2.75, 3.05) is 6.61 Å². The van der Waals surface area contributed by atoms with Crippen LogP contribution in [0.15, 0.2) is 0 Å². The van der Waals surface area contributed by atoms with Gasteiger partial charge >= 0.3 is 0 Å². The molecule has 1 aromatic rings. The maximum atomic E-state index is 13.1. The second kappa shape index (κ2) is 3.67. The minimum Gasteiger partial charge on any atom is -0.476 e. The van der Waals surface area contributed by atoms with Gasteiger partial charge in [0, 0.05) is 0 Å². The molecule has 0 aliphatic heterocycles. The van der Waals surface area contributed by atoms with Crippen molar-refractivity contribution in [2.24, 2.45) is 0 Å². The Hall–Kier alpha value is -0.900. The van der Waals surface area contributed by atoms with Gasteiger partial charge < -0.3 is 4.74 Å². The zero-order valence-electron chi connectivity index (χ0n) is 6.77. The normalized spacial score (nSPS) is 10.0. The second-order valence-corrected chi connectivity index (χ2v) is 2.47. The summed E-state index contributed by atoms with van der Waals surface area (Å²) in [4.78, 5) is 7.20. The molecule has 0 fully saturated rings. The van der Waals surface area contributed by atoms with Crippen LogP contribution in [0.2, 0.25) is 5.28 Å². The van der Waals surface area contributed by atoms with Crippen LogP contribution in [0.3, 0.4) is 0 Å². The Morgan fingerprint density at radius 1 is 1.50 bits per heavy atom. The van der Waals surface area contributed by atoms with Gasteiger partial charge in [-0.2, -0.15) is 9.37 Å². The molecule has 0 unspecified atom stereocenters. The van der Waals surface area contributed by atoms with E-state index in [-0.39, 0.29) is 16.9 Å². The maximum Gasteiger partial charge on any atom is 0.255 e. The summed E-state index contributed by atoms with van der Waals surface area (Å²) in [5.41, 5.74) is 0.193. The minimum atomic E-state index is -0.554. The Morgan fingerprint density at radius 2 is 2.17 bits per heavy atom. The van der Waals surface area contributed by atoms with Gasteiger partial charge in [0.15, 0.2) is 0 Å². The second-order valence-electron chi connectivity index (χ2n) is 2.13. The quantitative estimate of drug-likeness (QED) is 0.669. The summed E-state index contributed by atoms with van der Waals surface area (Å²) in [6.07, 6.45) is 0. The van der Waals surface area contributed by atoms with Crippen LogP contribution in [0.25, 0.3) is 0 Å². The summed E-state index contributed by atoms with van der Waals surface area (Å²) in [6.45, 7) is 3.60. The standard InChI is InChI=1S/C7H8ClFN2O/c1-3-12-6-5(9)4(2)10-7(8)11-6/h3H2,1-2H3. The van der Waals surface area contributed by atoms with Gasteiger partial charge in [-0.3, -0.25) is 0 Å². The molecule has 5 heteroatoms. The minimum absolute atomic E-state index is 0.00245. The Balaban J connectivity index is 3.09. The third-order valence-corrected chi connectivity index (χ3v) is 1.41. The van der Waals surface area contributed by atoms with Gasteiger partial charge in [-0.25, -0.2) is 4.98 Å². The average Bonchev–Trinajstić information content (AvgIpc) is 2.00. The van der Waals surface area contributed by atoms with Crippen LogP contribution >= 0.6 is 11.6 Å². The molecule has 1 heterocycles. The summed E-state index contributed by atoms with van der Waals surface area (Å²) < 4.78 is 17.9. The van der Waals surface area contributed by atoms with Crippen LogP contribution in [0.4, 0.5) is 4.39 Å². The van der Waals surface area contributed by atoms with E-state index in [1.165, 1.54) is 6.92 Å². The van der Waals surface area contributed by atoms with Gasteiger partial charge in [0.05, 0.1) is 12.3 Å². The molecule has 0 aromatic carbocycles. The lowest BCUT2D eigenvalue weighted by atomic mass is 10.4. The number of rotatable bonds is 2. The molecule has 0 N–H and O–H groups in total. The molecule has 3 nitrogen and oxygen atoms in total. The van der Waals surface area contributed by atoms with Crippen molar-refractivity contribution in [2.45, 2.75) is 13.8 Å². The van der Waals surface area contributed by atoms with E-state index in [9.17, 15) is 4.39 Å². The van der Waals surface area contributed by atoms with Crippen molar-refractivity contribution in [3.05, 3.63) is 16.8 Å². The van der Waals surface area contributed by atoms with Crippen LogP contribution in [0, 0.1) is 12.7 Å². The lowest BCUT2D eigenvalue weighted by Gasteiger charge is -2.04. The topological polar surface area (TPSA) is 35.0 Å². The lowest BCUT2D eigenvalue weighted by molar-refractivity contribution is 0.305. The Labute approximate surface area is 74.5 Å². The van der Waals surface area contributed by atoms with E-state index in [1.54, 1.807) is 6.92 Å². The predicted molar refractivity (Wildman–Crippen MR) is 42.9 cm³/mol. The van der Waals surface area contributed by atoms with Crippen LogP contribution in [-0.4, -0.2) is 16.6 Å². The number of aromatic nitrogens is 2. The summed E-state index contributed by atoms with van der Waals surface area (Å²) in [6, 6.07) is 0. The number of halogens is 2. The molecule has 0 amide bonds. The first-order valence-corrected chi connectivity index (χ1v) is 3.85. The smallest absolute Gasteiger partial charge is 0.255 e. The van der Waals surface area contributed by atoms with Gasteiger partial charge in [-0.1, -0.05) is 0 Å². The molecule has 0 atom stereocenters. The highest BCUT2D eigenvalue weighted by Gasteiger charge is 2.10. The van der Waals surface area contributed by atoms with E-state index in [4.69, 9.17) is 16.3 Å². The monoisotopic (exact) mass is 190 g/mol. The zero-order valence-corrected chi connectivity index (χ0v) is 7.52. The maximum absolute atomic E-state index is 13.1. The van der Waals surface area contributed by atoms with Crippen molar-refractivity contribution in [1.82, 2.24) is 9.97 Å². The van der Waals surface area contributed by atoms with Gasteiger partial charge in [-0.05, 0) is 25.4 Å². The van der Waals surface area contributed by atoms with E-state index < -0.39 is 5.82 Å². The summed E-state index contributed by atoms with van der Waals surface area (Å²) in [5, 5.41) is -0.00245. The molecule has 0 aliphatic carbocycles.